The van der Waals surface area contributed by atoms with Crippen molar-refractivity contribution in [3.05, 3.63) is 11.3 Å². The number of halogens is 1. The van der Waals surface area contributed by atoms with E-state index in [4.69, 9.17) is 11.6 Å². The Hall–Kier alpha value is -0.150. The van der Waals surface area contributed by atoms with E-state index in [0.29, 0.717) is 5.15 Å². The van der Waals surface area contributed by atoms with Crippen LogP contribution in [0.2, 0.25) is 5.15 Å². The highest BCUT2D eigenvalue weighted by Gasteiger charge is 1.99. The second-order valence-electron chi connectivity index (χ2n) is 1.63. The fourth-order valence-corrected chi connectivity index (χ4v) is 1.27. The second kappa shape index (κ2) is 2.62. The van der Waals surface area contributed by atoms with Gasteiger partial charge >= 0.3 is 0 Å². The van der Waals surface area contributed by atoms with Crippen molar-refractivity contribution < 1.29 is 0 Å². The molecule has 1 aromatic rings. The first-order chi connectivity index (χ1) is 4.25. The van der Waals surface area contributed by atoms with Crippen molar-refractivity contribution in [3.8, 4) is 0 Å². The van der Waals surface area contributed by atoms with E-state index >= 15 is 0 Å². The summed E-state index contributed by atoms with van der Waals surface area (Å²) in [6, 6.07) is 0. The van der Waals surface area contributed by atoms with Crippen molar-refractivity contribution in [1.82, 2.24) is 9.55 Å². The molecule has 0 atom stereocenters. The Morgan fingerprint density at radius 1 is 1.78 bits per heavy atom. The van der Waals surface area contributed by atoms with Gasteiger partial charge in [-0.05, 0) is 6.26 Å². The highest BCUT2D eigenvalue weighted by molar-refractivity contribution is 7.98. The molecule has 0 saturated heterocycles. The highest BCUT2D eigenvalue weighted by Crippen LogP contribution is 2.16. The Bertz CT molecular complexity index is 209. The number of nitrogens with zero attached hydrogens (tertiary/aromatic N) is 2. The highest BCUT2D eigenvalue weighted by atomic mass is 35.5. The topological polar surface area (TPSA) is 17.8 Å². The molecule has 0 aliphatic rings. The summed E-state index contributed by atoms with van der Waals surface area (Å²) in [4.78, 5) is 4.03. The lowest BCUT2D eigenvalue weighted by molar-refractivity contribution is 0.792. The molecule has 0 aromatic carbocycles. The van der Waals surface area contributed by atoms with Crippen LogP contribution >= 0.6 is 23.4 Å². The van der Waals surface area contributed by atoms with Crippen LogP contribution in [-0.2, 0) is 7.05 Å². The maximum Gasteiger partial charge on any atom is 0.168 e. The fraction of sp³-hybridized carbons (Fsp3) is 0.400. The average Bonchev–Trinajstić information content (AvgIpc) is 2.15. The molecule has 4 heteroatoms. The van der Waals surface area contributed by atoms with E-state index in [1.807, 2.05) is 17.9 Å². The van der Waals surface area contributed by atoms with Gasteiger partial charge in [-0.15, -0.1) is 0 Å². The summed E-state index contributed by atoms with van der Waals surface area (Å²) in [5.74, 6) is 0. The third kappa shape index (κ3) is 1.22. The first-order valence-corrected chi connectivity index (χ1v) is 4.07. The van der Waals surface area contributed by atoms with Crippen LogP contribution in [0.4, 0.5) is 0 Å². The van der Waals surface area contributed by atoms with E-state index in [-0.39, 0.29) is 0 Å². The molecular formula is C5H7ClN2S. The van der Waals surface area contributed by atoms with Crippen molar-refractivity contribution >= 4 is 23.4 Å². The minimum absolute atomic E-state index is 0.680. The zero-order chi connectivity index (χ0) is 6.85. The SMILES string of the molecule is CSc1ncc(Cl)n1C. The summed E-state index contributed by atoms with van der Waals surface area (Å²) in [5, 5.41) is 1.62. The van der Waals surface area contributed by atoms with Gasteiger partial charge in [-0.2, -0.15) is 0 Å². The predicted molar refractivity (Wildman–Crippen MR) is 40.0 cm³/mol. The Morgan fingerprint density at radius 3 is 2.67 bits per heavy atom. The van der Waals surface area contributed by atoms with Crippen molar-refractivity contribution in [2.45, 2.75) is 5.16 Å². The standard InChI is InChI=1S/C5H7ClN2S/c1-8-4(6)3-7-5(8)9-2/h3H,1-2H3. The van der Waals surface area contributed by atoms with Gasteiger partial charge in [0, 0.05) is 7.05 Å². The number of rotatable bonds is 1. The molecule has 1 heterocycles. The van der Waals surface area contributed by atoms with Gasteiger partial charge in [-0.25, -0.2) is 4.98 Å². The number of imidazole rings is 1. The van der Waals surface area contributed by atoms with Gasteiger partial charge in [-0.3, -0.25) is 0 Å². The minimum atomic E-state index is 0.680. The number of aromatic nitrogens is 2. The molecule has 0 aliphatic heterocycles. The smallest absolute Gasteiger partial charge is 0.168 e. The van der Waals surface area contributed by atoms with Gasteiger partial charge < -0.3 is 4.57 Å². The molecular weight excluding hydrogens is 156 g/mol. The Labute approximate surface area is 63.2 Å². The predicted octanol–water partition coefficient (Wildman–Crippen LogP) is 1.80. The Balaban J connectivity index is 3.04. The Kier molecular flexibility index (Phi) is 2.03. The van der Waals surface area contributed by atoms with Crippen LogP contribution in [0.15, 0.2) is 11.4 Å². The fourth-order valence-electron chi connectivity index (χ4n) is 0.563. The van der Waals surface area contributed by atoms with Gasteiger partial charge in [0.15, 0.2) is 5.16 Å². The molecule has 0 radical (unpaired) electrons. The summed E-state index contributed by atoms with van der Waals surface area (Å²) >= 11 is 7.28. The molecule has 1 rings (SSSR count). The summed E-state index contributed by atoms with van der Waals surface area (Å²) in [7, 11) is 1.89. The zero-order valence-corrected chi connectivity index (χ0v) is 6.83. The largest absolute Gasteiger partial charge is 0.313 e. The molecule has 0 amide bonds. The van der Waals surface area contributed by atoms with Crippen molar-refractivity contribution in [3.63, 3.8) is 0 Å². The second-order valence-corrected chi connectivity index (χ2v) is 2.79. The number of thioether (sulfide) groups is 1. The molecule has 0 spiro atoms. The molecule has 0 N–H and O–H groups in total. The summed E-state index contributed by atoms with van der Waals surface area (Å²) in [6.07, 6.45) is 3.62. The lowest BCUT2D eigenvalue weighted by Crippen LogP contribution is -1.88. The van der Waals surface area contributed by atoms with Gasteiger partial charge in [0.05, 0.1) is 6.20 Å². The molecule has 50 valence electrons. The van der Waals surface area contributed by atoms with E-state index in [2.05, 4.69) is 4.98 Å². The average molecular weight is 163 g/mol. The molecule has 9 heavy (non-hydrogen) atoms. The van der Waals surface area contributed by atoms with Gasteiger partial charge in [-0.1, -0.05) is 23.4 Å². The van der Waals surface area contributed by atoms with Crippen molar-refractivity contribution in [2.24, 2.45) is 7.05 Å². The molecule has 1 aromatic heterocycles. The summed E-state index contributed by atoms with van der Waals surface area (Å²) in [5.41, 5.74) is 0. The minimum Gasteiger partial charge on any atom is -0.313 e. The first-order valence-electron chi connectivity index (χ1n) is 2.47. The third-order valence-electron chi connectivity index (χ3n) is 1.07. The molecule has 0 saturated carbocycles. The van der Waals surface area contributed by atoms with E-state index in [1.165, 1.54) is 0 Å². The first kappa shape index (κ1) is 6.96. The molecule has 0 fully saturated rings. The van der Waals surface area contributed by atoms with Gasteiger partial charge in [0.1, 0.15) is 5.15 Å². The molecule has 0 bridgehead atoms. The van der Waals surface area contributed by atoms with Crippen LogP contribution in [-0.4, -0.2) is 15.8 Å². The summed E-state index contributed by atoms with van der Waals surface area (Å²) < 4.78 is 1.84. The van der Waals surface area contributed by atoms with Crippen molar-refractivity contribution in [1.29, 1.82) is 0 Å². The zero-order valence-electron chi connectivity index (χ0n) is 5.26. The van der Waals surface area contributed by atoms with Crippen LogP contribution in [0.25, 0.3) is 0 Å². The lowest BCUT2D eigenvalue weighted by Gasteiger charge is -1.95. The van der Waals surface area contributed by atoms with Gasteiger partial charge in [0.25, 0.3) is 0 Å². The maximum atomic E-state index is 5.70. The maximum absolute atomic E-state index is 5.70. The van der Waals surface area contributed by atoms with Crippen LogP contribution in [0.3, 0.4) is 0 Å². The monoisotopic (exact) mass is 162 g/mol. The van der Waals surface area contributed by atoms with E-state index in [1.54, 1.807) is 18.0 Å². The third-order valence-corrected chi connectivity index (χ3v) is 2.17. The normalized spacial score (nSPS) is 10.1. The molecule has 2 nitrogen and oxygen atoms in total. The Morgan fingerprint density at radius 2 is 2.44 bits per heavy atom. The quantitative estimate of drug-likeness (QED) is 0.586. The van der Waals surface area contributed by atoms with Crippen LogP contribution in [0.5, 0.6) is 0 Å². The summed E-state index contributed by atoms with van der Waals surface area (Å²) in [6.45, 7) is 0. The lowest BCUT2D eigenvalue weighted by atomic mass is 10.9. The van der Waals surface area contributed by atoms with Crippen LogP contribution in [0.1, 0.15) is 0 Å². The van der Waals surface area contributed by atoms with E-state index < -0.39 is 0 Å². The van der Waals surface area contributed by atoms with Gasteiger partial charge in [0.2, 0.25) is 0 Å². The molecule has 0 aliphatic carbocycles. The number of hydrogen-bond acceptors (Lipinski definition) is 2. The molecule has 0 unspecified atom stereocenters. The van der Waals surface area contributed by atoms with Crippen molar-refractivity contribution in [2.75, 3.05) is 6.26 Å². The number of hydrogen-bond donors (Lipinski definition) is 0. The van der Waals surface area contributed by atoms with Crippen LogP contribution < -0.4 is 0 Å². The van der Waals surface area contributed by atoms with E-state index in [0.717, 1.165) is 5.16 Å². The van der Waals surface area contributed by atoms with Crippen LogP contribution in [0, 0.1) is 0 Å². The van der Waals surface area contributed by atoms with E-state index in [9.17, 15) is 0 Å².